The van der Waals surface area contributed by atoms with Crippen LogP contribution in [0.25, 0.3) is 11.0 Å². The van der Waals surface area contributed by atoms with Crippen molar-refractivity contribution in [3.63, 3.8) is 0 Å². The molecule has 0 aliphatic rings. The highest BCUT2D eigenvalue weighted by atomic mass is 35.5. The number of hydrogen-bond donors (Lipinski definition) is 1. The minimum Gasteiger partial charge on any atom is -0.478 e. The van der Waals surface area contributed by atoms with Gasteiger partial charge < -0.3 is 9.67 Å². The normalized spacial score (nSPS) is 11.1. The van der Waals surface area contributed by atoms with Gasteiger partial charge in [-0.15, -0.1) is 0 Å². The molecule has 0 radical (unpaired) electrons. The van der Waals surface area contributed by atoms with Gasteiger partial charge in [0.25, 0.3) is 0 Å². The first-order chi connectivity index (χ1) is 8.51. The fourth-order valence-electron chi connectivity index (χ4n) is 2.08. The number of aryl methyl sites for hydroxylation is 3. The topological polar surface area (TPSA) is 68.0 Å². The van der Waals surface area contributed by atoms with E-state index in [4.69, 9.17) is 11.6 Å². The van der Waals surface area contributed by atoms with Gasteiger partial charge in [0.1, 0.15) is 22.2 Å². The number of halogens is 1. The lowest BCUT2D eigenvalue weighted by atomic mass is 10.2. The Morgan fingerprint density at radius 1 is 1.39 bits per heavy atom. The van der Waals surface area contributed by atoms with E-state index in [2.05, 4.69) is 9.97 Å². The summed E-state index contributed by atoms with van der Waals surface area (Å²) in [4.78, 5) is 20.0. The van der Waals surface area contributed by atoms with Gasteiger partial charge in [-0.05, 0) is 13.8 Å². The van der Waals surface area contributed by atoms with Gasteiger partial charge in [0.15, 0.2) is 0 Å². The first kappa shape index (κ1) is 12.8. The average molecular weight is 268 g/mol. The molecule has 5 nitrogen and oxygen atoms in total. The summed E-state index contributed by atoms with van der Waals surface area (Å²) in [7, 11) is 0. The number of aromatic carboxylic acids is 1. The smallest absolute Gasteiger partial charge is 0.339 e. The molecule has 2 heterocycles. The number of hydrogen-bond acceptors (Lipinski definition) is 3. The quantitative estimate of drug-likeness (QED) is 0.928. The first-order valence-corrected chi connectivity index (χ1v) is 6.17. The zero-order valence-corrected chi connectivity index (χ0v) is 11.2. The zero-order valence-electron chi connectivity index (χ0n) is 10.5. The van der Waals surface area contributed by atoms with Crippen LogP contribution in [0.2, 0.25) is 5.15 Å². The molecular weight excluding hydrogens is 254 g/mol. The van der Waals surface area contributed by atoms with Crippen LogP contribution in [0.1, 0.15) is 35.7 Å². The molecule has 0 unspecified atom stereocenters. The third-order valence-corrected chi connectivity index (χ3v) is 3.31. The van der Waals surface area contributed by atoms with E-state index >= 15 is 0 Å². The Balaban J connectivity index is 2.95. The molecule has 2 aromatic heterocycles. The molecule has 6 heteroatoms. The lowest BCUT2D eigenvalue weighted by molar-refractivity contribution is 0.0699. The highest BCUT2D eigenvalue weighted by Crippen LogP contribution is 2.30. The summed E-state index contributed by atoms with van der Waals surface area (Å²) in [5.41, 5.74) is 1.35. The highest BCUT2D eigenvalue weighted by molar-refractivity contribution is 6.35. The van der Waals surface area contributed by atoms with Crippen LogP contribution in [-0.4, -0.2) is 25.6 Å². The number of aromatic nitrogens is 3. The van der Waals surface area contributed by atoms with Crippen molar-refractivity contribution >= 4 is 28.6 Å². The van der Waals surface area contributed by atoms with Crippen molar-refractivity contribution in [1.29, 1.82) is 0 Å². The number of rotatable bonds is 3. The van der Waals surface area contributed by atoms with Crippen LogP contribution in [-0.2, 0) is 13.0 Å². The van der Waals surface area contributed by atoms with E-state index in [9.17, 15) is 9.90 Å². The maximum absolute atomic E-state index is 11.3. The molecule has 0 amide bonds. The minimum atomic E-state index is -1.05. The van der Waals surface area contributed by atoms with E-state index in [1.165, 1.54) is 0 Å². The van der Waals surface area contributed by atoms with Crippen molar-refractivity contribution in [1.82, 2.24) is 14.5 Å². The average Bonchev–Trinajstić information content (AvgIpc) is 2.61. The van der Waals surface area contributed by atoms with E-state index in [1.807, 2.05) is 13.8 Å². The Bertz CT molecular complexity index is 634. The number of carboxylic acids is 1. The monoisotopic (exact) mass is 267 g/mol. The second-order valence-electron chi connectivity index (χ2n) is 3.99. The Morgan fingerprint density at radius 3 is 2.56 bits per heavy atom. The second kappa shape index (κ2) is 4.57. The third-order valence-electron chi connectivity index (χ3n) is 2.91. The number of fused-ring (bicyclic) bond motifs is 1. The van der Waals surface area contributed by atoms with Gasteiger partial charge in [-0.3, -0.25) is 0 Å². The van der Waals surface area contributed by atoms with Crippen LogP contribution in [0.5, 0.6) is 0 Å². The van der Waals surface area contributed by atoms with E-state index in [0.29, 0.717) is 35.5 Å². The molecular formula is C12H14ClN3O2. The number of carbonyl (C=O) groups is 1. The van der Waals surface area contributed by atoms with Gasteiger partial charge in [-0.1, -0.05) is 18.5 Å². The summed E-state index contributed by atoms with van der Waals surface area (Å²) in [5, 5.41) is 10.0. The predicted octanol–water partition coefficient (Wildman–Crippen LogP) is 2.67. The summed E-state index contributed by atoms with van der Waals surface area (Å²) >= 11 is 6.13. The van der Waals surface area contributed by atoms with Crippen LogP contribution < -0.4 is 0 Å². The molecule has 0 bridgehead atoms. The minimum absolute atomic E-state index is 0.0914. The van der Waals surface area contributed by atoms with Crippen molar-refractivity contribution < 1.29 is 9.90 Å². The lowest BCUT2D eigenvalue weighted by Gasteiger charge is -2.04. The Hall–Kier alpha value is -1.62. The largest absolute Gasteiger partial charge is 0.478 e. The summed E-state index contributed by atoms with van der Waals surface area (Å²) < 4.78 is 1.70. The molecule has 2 aromatic rings. The molecule has 0 saturated carbocycles. The van der Waals surface area contributed by atoms with Gasteiger partial charge in [0, 0.05) is 13.0 Å². The summed E-state index contributed by atoms with van der Waals surface area (Å²) in [6.45, 7) is 6.22. The molecule has 96 valence electrons. The van der Waals surface area contributed by atoms with Crippen LogP contribution in [0, 0.1) is 6.92 Å². The highest BCUT2D eigenvalue weighted by Gasteiger charge is 2.23. The van der Waals surface area contributed by atoms with Crippen molar-refractivity contribution in [3.8, 4) is 0 Å². The van der Waals surface area contributed by atoms with Gasteiger partial charge in [0.05, 0.1) is 11.1 Å². The van der Waals surface area contributed by atoms with Crippen LogP contribution in [0.4, 0.5) is 0 Å². The van der Waals surface area contributed by atoms with E-state index in [-0.39, 0.29) is 10.7 Å². The summed E-state index contributed by atoms with van der Waals surface area (Å²) in [6, 6.07) is 0. The molecule has 1 N–H and O–H groups in total. The van der Waals surface area contributed by atoms with Crippen LogP contribution >= 0.6 is 11.6 Å². The first-order valence-electron chi connectivity index (χ1n) is 5.79. The third kappa shape index (κ3) is 1.75. The summed E-state index contributed by atoms with van der Waals surface area (Å²) in [5.74, 6) is -0.353. The van der Waals surface area contributed by atoms with Crippen molar-refractivity contribution in [2.45, 2.75) is 33.7 Å². The number of carboxylic acid groups (broad SMARTS) is 1. The molecule has 18 heavy (non-hydrogen) atoms. The van der Waals surface area contributed by atoms with Gasteiger partial charge in [-0.2, -0.15) is 0 Å². The van der Waals surface area contributed by atoms with Crippen LogP contribution in [0.15, 0.2) is 0 Å². The summed E-state index contributed by atoms with van der Waals surface area (Å²) in [6.07, 6.45) is 0.700. The molecule has 0 aliphatic carbocycles. The SMILES string of the molecule is CCc1nc(C)c2c(C(=O)O)c(Cl)n(CC)c2n1. The molecule has 0 aromatic carbocycles. The Kier molecular flexibility index (Phi) is 3.26. The predicted molar refractivity (Wildman–Crippen MR) is 69.3 cm³/mol. The Morgan fingerprint density at radius 2 is 2.06 bits per heavy atom. The second-order valence-corrected chi connectivity index (χ2v) is 4.35. The molecule has 0 fully saturated rings. The van der Waals surface area contributed by atoms with Gasteiger partial charge >= 0.3 is 5.97 Å². The van der Waals surface area contributed by atoms with Crippen molar-refractivity contribution in [2.24, 2.45) is 0 Å². The van der Waals surface area contributed by atoms with Crippen molar-refractivity contribution in [3.05, 3.63) is 22.2 Å². The molecule has 0 spiro atoms. The fourth-order valence-corrected chi connectivity index (χ4v) is 2.45. The van der Waals surface area contributed by atoms with E-state index in [0.717, 1.165) is 0 Å². The zero-order chi connectivity index (χ0) is 13.4. The number of nitrogens with zero attached hydrogens (tertiary/aromatic N) is 3. The van der Waals surface area contributed by atoms with E-state index < -0.39 is 5.97 Å². The molecule has 0 aliphatic heterocycles. The molecule has 2 rings (SSSR count). The van der Waals surface area contributed by atoms with Crippen molar-refractivity contribution in [2.75, 3.05) is 0 Å². The standard InChI is InChI=1S/C12H14ClN3O2/c1-4-7-14-6(3)8-9(12(17)18)10(13)16(5-2)11(8)15-7/h4-5H2,1-3H3,(H,17,18). The lowest BCUT2D eigenvalue weighted by Crippen LogP contribution is -2.01. The Labute approximate surface area is 109 Å². The maximum atomic E-state index is 11.3. The molecule has 0 atom stereocenters. The van der Waals surface area contributed by atoms with Gasteiger partial charge in [0.2, 0.25) is 0 Å². The van der Waals surface area contributed by atoms with Gasteiger partial charge in [-0.25, -0.2) is 14.8 Å². The van der Waals surface area contributed by atoms with Crippen LogP contribution in [0.3, 0.4) is 0 Å². The molecule has 0 saturated heterocycles. The fraction of sp³-hybridized carbons (Fsp3) is 0.417. The van der Waals surface area contributed by atoms with E-state index in [1.54, 1.807) is 11.5 Å². The maximum Gasteiger partial charge on any atom is 0.339 e.